The number of carbonyl (C=O) groups is 1. The maximum absolute atomic E-state index is 14.0. The Morgan fingerprint density at radius 2 is 1.78 bits per heavy atom. The molecule has 0 saturated heterocycles. The quantitative estimate of drug-likeness (QED) is 0.321. The lowest BCUT2D eigenvalue weighted by atomic mass is 9.93. The normalized spacial score (nSPS) is 17.2. The summed E-state index contributed by atoms with van der Waals surface area (Å²) in [4.78, 5) is 12.8. The van der Waals surface area contributed by atoms with E-state index in [-0.39, 0.29) is 24.3 Å². The van der Waals surface area contributed by atoms with Gasteiger partial charge < -0.3 is 9.47 Å². The molecule has 0 aliphatic carbocycles. The van der Waals surface area contributed by atoms with Gasteiger partial charge in [-0.2, -0.15) is 5.26 Å². The smallest absolute Gasteiger partial charge is 0.308 e. The first kappa shape index (κ1) is 24.8. The fraction of sp³-hybridized carbons (Fsp3) is 0.241. The molecule has 0 saturated carbocycles. The summed E-state index contributed by atoms with van der Waals surface area (Å²) in [6.45, 7) is 3.88. The number of aryl methyl sites for hydroxylation is 1. The molecule has 0 N–H and O–H groups in total. The number of rotatable bonds is 6. The Hall–Kier alpha value is -3.93. The van der Waals surface area contributed by atoms with Crippen LogP contribution in [0.2, 0.25) is 0 Å². The summed E-state index contributed by atoms with van der Waals surface area (Å²) in [5.74, 6) is -0.419. The Morgan fingerprint density at radius 1 is 1.08 bits per heavy atom. The van der Waals surface area contributed by atoms with Gasteiger partial charge in [0, 0.05) is 23.1 Å². The van der Waals surface area contributed by atoms with Gasteiger partial charge in [0.2, 0.25) is 0 Å². The van der Waals surface area contributed by atoms with Crippen LogP contribution >= 0.6 is 0 Å². The van der Waals surface area contributed by atoms with Crippen LogP contribution in [0.15, 0.2) is 77.7 Å². The molecule has 4 aromatic rings. The molecule has 0 amide bonds. The number of esters is 1. The molecular weight excluding hydrogens is 488 g/mol. The van der Waals surface area contributed by atoms with Crippen LogP contribution in [0.5, 0.6) is 0 Å². The molecule has 8 heteroatoms. The van der Waals surface area contributed by atoms with Crippen LogP contribution in [-0.4, -0.2) is 25.0 Å². The van der Waals surface area contributed by atoms with Crippen molar-refractivity contribution in [3.63, 3.8) is 0 Å². The van der Waals surface area contributed by atoms with E-state index in [1.165, 1.54) is 3.97 Å². The Kier molecular flexibility index (Phi) is 6.59. The zero-order chi connectivity index (χ0) is 26.2. The number of fused-ring (bicyclic) bond motifs is 3. The van der Waals surface area contributed by atoms with Gasteiger partial charge in [0.15, 0.2) is 0 Å². The van der Waals surface area contributed by atoms with E-state index < -0.39 is 28.2 Å². The summed E-state index contributed by atoms with van der Waals surface area (Å²) in [5.41, 5.74) is 4.07. The van der Waals surface area contributed by atoms with E-state index in [4.69, 9.17) is 9.47 Å². The number of nitrogens with zero attached hydrogens (tertiary/aromatic N) is 2. The topological polar surface area (TPSA) is 98.4 Å². The van der Waals surface area contributed by atoms with Gasteiger partial charge in [-0.05, 0) is 49.7 Å². The van der Waals surface area contributed by atoms with Gasteiger partial charge in [0.05, 0.1) is 47.3 Å². The Labute approximate surface area is 215 Å². The largest absolute Gasteiger partial charge is 0.466 e. The number of hydrogen-bond donors (Lipinski definition) is 0. The van der Waals surface area contributed by atoms with Gasteiger partial charge in [-0.25, -0.2) is 12.4 Å². The lowest BCUT2D eigenvalue weighted by Gasteiger charge is -2.31. The molecular formula is C29H26N2O5S. The highest BCUT2D eigenvalue weighted by atomic mass is 32.2. The molecule has 3 aromatic carbocycles. The molecule has 7 nitrogen and oxygen atoms in total. The second-order valence-corrected chi connectivity index (χ2v) is 10.8. The summed E-state index contributed by atoms with van der Waals surface area (Å²) >= 11 is 0. The zero-order valence-corrected chi connectivity index (χ0v) is 21.4. The molecule has 1 aromatic heterocycles. The highest BCUT2D eigenvalue weighted by molar-refractivity contribution is 7.90. The maximum Gasteiger partial charge on any atom is 0.308 e. The minimum absolute atomic E-state index is 0.0494. The van der Waals surface area contributed by atoms with E-state index in [1.54, 1.807) is 67.6 Å². The Morgan fingerprint density at radius 3 is 2.46 bits per heavy atom. The minimum atomic E-state index is -3.96. The fourth-order valence-electron chi connectivity index (χ4n) is 4.91. The van der Waals surface area contributed by atoms with Crippen molar-refractivity contribution in [3.8, 4) is 6.07 Å². The van der Waals surface area contributed by atoms with E-state index in [2.05, 4.69) is 6.07 Å². The minimum Gasteiger partial charge on any atom is -0.466 e. The number of nitriles is 1. The lowest BCUT2D eigenvalue weighted by molar-refractivity contribution is -0.148. The van der Waals surface area contributed by atoms with Gasteiger partial charge in [-0.15, -0.1) is 0 Å². The first-order chi connectivity index (χ1) is 17.8. The Bertz CT molecular complexity index is 1610. The van der Waals surface area contributed by atoms with Crippen molar-refractivity contribution in [2.75, 3.05) is 6.61 Å². The van der Waals surface area contributed by atoms with Crippen molar-refractivity contribution in [1.82, 2.24) is 3.97 Å². The van der Waals surface area contributed by atoms with E-state index in [0.29, 0.717) is 22.3 Å². The monoisotopic (exact) mass is 514 g/mol. The van der Waals surface area contributed by atoms with Crippen LogP contribution in [0.4, 0.5) is 0 Å². The van der Waals surface area contributed by atoms with E-state index in [1.807, 2.05) is 19.1 Å². The Balaban J connectivity index is 1.72. The third-order valence-electron chi connectivity index (χ3n) is 6.63. The summed E-state index contributed by atoms with van der Waals surface area (Å²) in [7, 11) is -3.96. The highest BCUT2D eigenvalue weighted by Gasteiger charge is 2.38. The summed E-state index contributed by atoms with van der Waals surface area (Å²) < 4.78 is 41.2. The molecule has 0 radical (unpaired) electrons. The molecule has 1 aliphatic rings. The number of para-hydroxylation sites is 1. The molecule has 0 unspecified atom stereocenters. The molecule has 1 aliphatic heterocycles. The summed E-state index contributed by atoms with van der Waals surface area (Å²) in [5, 5.41) is 9.91. The van der Waals surface area contributed by atoms with Gasteiger partial charge >= 0.3 is 5.97 Å². The highest BCUT2D eigenvalue weighted by Crippen LogP contribution is 2.45. The van der Waals surface area contributed by atoms with Crippen LogP contribution in [0.3, 0.4) is 0 Å². The van der Waals surface area contributed by atoms with Crippen molar-refractivity contribution in [3.05, 3.63) is 101 Å². The molecule has 0 spiro atoms. The number of aromatic nitrogens is 1. The summed E-state index contributed by atoms with van der Waals surface area (Å²) in [6.07, 6.45) is -0.995. The van der Waals surface area contributed by atoms with Crippen LogP contribution < -0.4 is 0 Å². The summed E-state index contributed by atoms with van der Waals surface area (Å²) in [6, 6.07) is 23.2. The van der Waals surface area contributed by atoms with Crippen LogP contribution in [0, 0.1) is 18.3 Å². The predicted molar refractivity (Wildman–Crippen MR) is 138 cm³/mol. The second-order valence-electron chi connectivity index (χ2n) is 9.02. The van der Waals surface area contributed by atoms with Gasteiger partial charge in [-0.3, -0.25) is 4.79 Å². The fourth-order valence-corrected chi connectivity index (χ4v) is 6.48. The van der Waals surface area contributed by atoms with Crippen molar-refractivity contribution in [1.29, 1.82) is 5.26 Å². The van der Waals surface area contributed by atoms with Crippen molar-refractivity contribution in [2.24, 2.45) is 0 Å². The van der Waals surface area contributed by atoms with Crippen molar-refractivity contribution >= 4 is 26.9 Å². The van der Waals surface area contributed by atoms with Crippen LogP contribution in [0.25, 0.3) is 10.9 Å². The average Bonchev–Trinajstić information content (AvgIpc) is 3.24. The third-order valence-corrected chi connectivity index (χ3v) is 8.39. The van der Waals surface area contributed by atoms with E-state index >= 15 is 0 Å². The van der Waals surface area contributed by atoms with Gasteiger partial charge in [0.1, 0.15) is 0 Å². The predicted octanol–water partition coefficient (Wildman–Crippen LogP) is 5.37. The molecule has 5 rings (SSSR count). The number of ether oxygens (including phenoxy) is 2. The lowest BCUT2D eigenvalue weighted by Crippen LogP contribution is -2.26. The van der Waals surface area contributed by atoms with E-state index in [0.717, 1.165) is 16.5 Å². The SMILES string of the molecule is CCOC(=O)C[C@@H]1O[C@H](c2ccc(C#N)cc2)Cc2c1c1ccccc1n2S(=O)(=O)c1ccc(C)cc1. The number of hydrogen-bond acceptors (Lipinski definition) is 6. The zero-order valence-electron chi connectivity index (χ0n) is 20.5. The van der Waals surface area contributed by atoms with Crippen LogP contribution in [-0.2, 0) is 30.7 Å². The van der Waals surface area contributed by atoms with E-state index in [9.17, 15) is 18.5 Å². The maximum atomic E-state index is 14.0. The second kappa shape index (κ2) is 9.85. The number of benzene rings is 3. The van der Waals surface area contributed by atoms with Crippen molar-refractivity contribution < 1.29 is 22.7 Å². The number of carbonyl (C=O) groups excluding carboxylic acids is 1. The third kappa shape index (κ3) is 4.52. The van der Waals surface area contributed by atoms with Crippen LogP contribution in [0.1, 0.15) is 53.5 Å². The standard InChI is InChI=1S/C29H26N2O5S/c1-3-35-28(32)17-27-29-23-6-4-5-7-24(23)31(37(33,34)22-14-8-19(2)9-15-22)25(29)16-26(36-27)21-12-10-20(18-30)11-13-21/h4-15,26-27H,3,16-17H2,1-2H3/t26-,27-/m0/s1. The first-order valence-electron chi connectivity index (χ1n) is 12.1. The molecule has 0 fully saturated rings. The van der Waals surface area contributed by atoms with Crippen molar-refractivity contribution in [2.45, 2.75) is 43.8 Å². The first-order valence-corrected chi connectivity index (χ1v) is 13.5. The van der Waals surface area contributed by atoms with Gasteiger partial charge in [-0.1, -0.05) is 48.0 Å². The van der Waals surface area contributed by atoms with Gasteiger partial charge in [0.25, 0.3) is 10.0 Å². The molecule has 188 valence electrons. The average molecular weight is 515 g/mol. The molecule has 37 heavy (non-hydrogen) atoms. The molecule has 0 bridgehead atoms. The molecule has 2 heterocycles. The molecule has 2 atom stereocenters.